The van der Waals surface area contributed by atoms with Gasteiger partial charge in [0.1, 0.15) is 0 Å². The second kappa shape index (κ2) is 8.08. The lowest BCUT2D eigenvalue weighted by Gasteiger charge is -2.08. The minimum absolute atomic E-state index is 0.306. The predicted octanol–water partition coefficient (Wildman–Crippen LogP) is 3.28. The van der Waals surface area contributed by atoms with Gasteiger partial charge < -0.3 is 5.11 Å². The van der Waals surface area contributed by atoms with Gasteiger partial charge in [-0.05, 0) is 18.6 Å². The summed E-state index contributed by atoms with van der Waals surface area (Å²) in [5, 5.41) is 9.33. The van der Waals surface area contributed by atoms with Crippen molar-refractivity contribution in [3.05, 3.63) is 30.3 Å². The van der Waals surface area contributed by atoms with E-state index in [1.807, 2.05) is 29.6 Å². The smallest absolute Gasteiger partial charge is 0.0441 e. The third-order valence-electron chi connectivity index (χ3n) is 2.03. The van der Waals surface area contributed by atoms with Crippen LogP contribution >= 0.6 is 23.5 Å². The van der Waals surface area contributed by atoms with Crippen LogP contribution in [-0.2, 0) is 0 Å². The molecule has 0 heterocycles. The second-order valence-corrected chi connectivity index (χ2v) is 6.07. The van der Waals surface area contributed by atoms with Crippen LogP contribution in [0.5, 0.6) is 0 Å². The zero-order valence-corrected chi connectivity index (χ0v) is 10.7. The summed E-state index contributed by atoms with van der Waals surface area (Å²) in [6.45, 7) is 2.48. The van der Waals surface area contributed by atoms with Crippen LogP contribution in [-0.4, -0.2) is 28.5 Å². The fraction of sp³-hybridized carbons (Fsp3) is 0.500. The highest BCUT2D eigenvalue weighted by Gasteiger charge is 2.01. The van der Waals surface area contributed by atoms with Crippen LogP contribution < -0.4 is 0 Å². The molecule has 84 valence electrons. The quantitative estimate of drug-likeness (QED) is 0.585. The number of thioether (sulfide) groups is 2. The molecular weight excluding hydrogens is 224 g/mol. The van der Waals surface area contributed by atoms with Gasteiger partial charge in [0.25, 0.3) is 0 Å². The maximum absolute atomic E-state index is 8.75. The van der Waals surface area contributed by atoms with Crippen molar-refractivity contribution in [3.63, 3.8) is 0 Å². The van der Waals surface area contributed by atoms with E-state index in [-0.39, 0.29) is 0 Å². The minimum Gasteiger partial charge on any atom is -0.396 e. The SMILES string of the molecule is CC(CCO)SCCSc1ccccc1. The molecule has 0 aliphatic heterocycles. The summed E-state index contributed by atoms with van der Waals surface area (Å²) in [6, 6.07) is 10.5. The monoisotopic (exact) mass is 242 g/mol. The fourth-order valence-electron chi connectivity index (χ4n) is 1.19. The third kappa shape index (κ3) is 6.13. The highest BCUT2D eigenvalue weighted by molar-refractivity contribution is 8.03. The minimum atomic E-state index is 0.306. The van der Waals surface area contributed by atoms with E-state index >= 15 is 0 Å². The van der Waals surface area contributed by atoms with Crippen molar-refractivity contribution in [1.29, 1.82) is 0 Å². The van der Waals surface area contributed by atoms with Crippen LogP contribution in [0.25, 0.3) is 0 Å². The Balaban J connectivity index is 2.07. The van der Waals surface area contributed by atoms with Crippen LogP contribution in [0.3, 0.4) is 0 Å². The highest BCUT2D eigenvalue weighted by Crippen LogP contribution is 2.20. The average molecular weight is 242 g/mol. The molecular formula is C12H18OS2. The first-order chi connectivity index (χ1) is 7.33. The molecule has 0 aliphatic rings. The van der Waals surface area contributed by atoms with E-state index in [4.69, 9.17) is 5.11 Å². The summed E-state index contributed by atoms with van der Waals surface area (Å²) in [7, 11) is 0. The molecule has 1 unspecified atom stereocenters. The van der Waals surface area contributed by atoms with Crippen molar-refractivity contribution < 1.29 is 5.11 Å². The summed E-state index contributed by atoms with van der Waals surface area (Å²) < 4.78 is 0. The Morgan fingerprint density at radius 3 is 2.60 bits per heavy atom. The molecule has 1 aromatic rings. The fourth-order valence-corrected chi connectivity index (χ4v) is 3.17. The second-order valence-electron chi connectivity index (χ2n) is 3.36. The van der Waals surface area contributed by atoms with Gasteiger partial charge in [0.2, 0.25) is 0 Å². The third-order valence-corrected chi connectivity index (χ3v) is 4.55. The maximum atomic E-state index is 8.75. The molecule has 0 bridgehead atoms. The zero-order chi connectivity index (χ0) is 10.9. The van der Waals surface area contributed by atoms with Gasteiger partial charge in [0.15, 0.2) is 0 Å². The van der Waals surface area contributed by atoms with E-state index in [0.717, 1.165) is 17.9 Å². The Bertz CT molecular complexity index is 251. The number of hydrogen-bond donors (Lipinski definition) is 1. The van der Waals surface area contributed by atoms with Crippen LogP contribution in [0, 0.1) is 0 Å². The van der Waals surface area contributed by atoms with E-state index in [1.165, 1.54) is 4.90 Å². The summed E-state index contributed by atoms with van der Waals surface area (Å²) in [5.41, 5.74) is 0. The summed E-state index contributed by atoms with van der Waals surface area (Å²) in [4.78, 5) is 1.34. The first kappa shape index (κ1) is 12.9. The van der Waals surface area contributed by atoms with Gasteiger partial charge in [-0.15, -0.1) is 11.8 Å². The van der Waals surface area contributed by atoms with Gasteiger partial charge in [-0.2, -0.15) is 11.8 Å². The van der Waals surface area contributed by atoms with E-state index in [1.54, 1.807) is 0 Å². The summed E-state index contributed by atoms with van der Waals surface area (Å²) >= 11 is 3.84. The number of aliphatic hydroxyl groups excluding tert-OH is 1. The number of hydrogen-bond acceptors (Lipinski definition) is 3. The van der Waals surface area contributed by atoms with Crippen molar-refractivity contribution in [2.45, 2.75) is 23.5 Å². The Kier molecular flexibility index (Phi) is 6.98. The predicted molar refractivity (Wildman–Crippen MR) is 70.8 cm³/mol. The molecule has 1 aromatic carbocycles. The molecule has 0 saturated carbocycles. The lowest BCUT2D eigenvalue weighted by atomic mass is 10.3. The van der Waals surface area contributed by atoms with E-state index < -0.39 is 0 Å². The summed E-state index contributed by atoms with van der Waals surface area (Å²) in [5.74, 6) is 2.30. The van der Waals surface area contributed by atoms with Crippen LogP contribution in [0.15, 0.2) is 35.2 Å². The van der Waals surface area contributed by atoms with Gasteiger partial charge in [-0.1, -0.05) is 25.1 Å². The molecule has 0 spiro atoms. The first-order valence-corrected chi connectivity index (χ1v) is 7.26. The van der Waals surface area contributed by atoms with Crippen molar-refractivity contribution in [2.24, 2.45) is 0 Å². The Morgan fingerprint density at radius 1 is 1.20 bits per heavy atom. The molecule has 0 amide bonds. The van der Waals surface area contributed by atoms with Crippen LogP contribution in [0.4, 0.5) is 0 Å². The number of rotatable bonds is 7. The molecule has 3 heteroatoms. The first-order valence-electron chi connectivity index (χ1n) is 5.23. The van der Waals surface area contributed by atoms with Gasteiger partial charge in [0, 0.05) is 28.3 Å². The largest absolute Gasteiger partial charge is 0.396 e. The number of benzene rings is 1. The number of aliphatic hydroxyl groups is 1. The van der Waals surface area contributed by atoms with Gasteiger partial charge >= 0.3 is 0 Å². The van der Waals surface area contributed by atoms with E-state index in [0.29, 0.717) is 11.9 Å². The molecule has 0 aliphatic carbocycles. The lowest BCUT2D eigenvalue weighted by Crippen LogP contribution is -2.01. The lowest BCUT2D eigenvalue weighted by molar-refractivity contribution is 0.289. The molecule has 1 atom stereocenters. The summed E-state index contributed by atoms with van der Waals surface area (Å²) in [6.07, 6.45) is 0.903. The molecule has 0 aromatic heterocycles. The van der Waals surface area contributed by atoms with Crippen molar-refractivity contribution in [3.8, 4) is 0 Å². The van der Waals surface area contributed by atoms with Crippen LogP contribution in [0.1, 0.15) is 13.3 Å². The highest BCUT2D eigenvalue weighted by atomic mass is 32.2. The zero-order valence-electron chi connectivity index (χ0n) is 9.06. The maximum Gasteiger partial charge on any atom is 0.0441 e. The molecule has 0 fully saturated rings. The van der Waals surface area contributed by atoms with Crippen molar-refractivity contribution in [1.82, 2.24) is 0 Å². The Hall–Kier alpha value is -0.120. The molecule has 1 rings (SSSR count). The van der Waals surface area contributed by atoms with Crippen LogP contribution in [0.2, 0.25) is 0 Å². The molecule has 1 nitrogen and oxygen atoms in total. The Labute approximate surface area is 101 Å². The van der Waals surface area contributed by atoms with Gasteiger partial charge in [-0.3, -0.25) is 0 Å². The Morgan fingerprint density at radius 2 is 1.93 bits per heavy atom. The van der Waals surface area contributed by atoms with Gasteiger partial charge in [-0.25, -0.2) is 0 Å². The topological polar surface area (TPSA) is 20.2 Å². The van der Waals surface area contributed by atoms with E-state index in [2.05, 4.69) is 31.2 Å². The average Bonchev–Trinajstić information content (AvgIpc) is 2.26. The molecule has 0 saturated heterocycles. The van der Waals surface area contributed by atoms with Crippen molar-refractivity contribution >= 4 is 23.5 Å². The standard InChI is InChI=1S/C12H18OS2/c1-11(7-8-13)14-9-10-15-12-5-3-2-4-6-12/h2-6,11,13H,7-10H2,1H3. The molecule has 0 radical (unpaired) electrons. The molecule has 15 heavy (non-hydrogen) atoms. The normalized spacial score (nSPS) is 12.7. The van der Waals surface area contributed by atoms with E-state index in [9.17, 15) is 0 Å². The molecule has 1 N–H and O–H groups in total. The van der Waals surface area contributed by atoms with Gasteiger partial charge in [0.05, 0.1) is 0 Å². The van der Waals surface area contributed by atoms with Crippen molar-refractivity contribution in [2.75, 3.05) is 18.1 Å².